The lowest BCUT2D eigenvalue weighted by Crippen LogP contribution is -2.23. The smallest absolute Gasteiger partial charge is 0.255 e. The van der Waals surface area contributed by atoms with Crippen molar-refractivity contribution in [2.24, 2.45) is 0 Å². The van der Waals surface area contributed by atoms with Gasteiger partial charge < -0.3 is 5.32 Å². The first-order chi connectivity index (χ1) is 11.3. The minimum atomic E-state index is -3.59. The van der Waals surface area contributed by atoms with Crippen molar-refractivity contribution in [3.05, 3.63) is 71.8 Å². The number of rotatable bonds is 6. The molecule has 2 aromatic carbocycles. The first-order valence-electron chi connectivity index (χ1n) is 7.42. The maximum absolute atomic E-state index is 12.3. The fraction of sp³-hybridized carbons (Fsp3) is 0.167. The second-order valence-electron chi connectivity index (χ2n) is 5.50. The van der Waals surface area contributed by atoms with Crippen molar-refractivity contribution in [1.82, 2.24) is 4.72 Å². The summed E-state index contributed by atoms with van der Waals surface area (Å²) in [4.78, 5) is 12.4. The summed E-state index contributed by atoms with van der Waals surface area (Å²) in [6, 6.07) is 11.6. The number of hydrogen-bond acceptors (Lipinski definition) is 3. The highest BCUT2D eigenvalue weighted by Crippen LogP contribution is 2.16. The third-order valence-electron chi connectivity index (χ3n) is 3.32. The quantitative estimate of drug-likeness (QED) is 0.791. The minimum Gasteiger partial charge on any atom is -0.322 e. The van der Waals surface area contributed by atoms with Crippen molar-refractivity contribution in [1.29, 1.82) is 0 Å². The number of aryl methyl sites for hydroxylation is 2. The Balaban J connectivity index is 2.15. The Kier molecular flexibility index (Phi) is 5.54. The van der Waals surface area contributed by atoms with E-state index in [0.717, 1.165) is 11.1 Å². The maximum atomic E-state index is 12.3. The number of amides is 1. The van der Waals surface area contributed by atoms with Gasteiger partial charge in [0, 0.05) is 17.8 Å². The van der Waals surface area contributed by atoms with Crippen molar-refractivity contribution in [3.63, 3.8) is 0 Å². The Bertz CT molecular complexity index is 836. The minimum absolute atomic E-state index is 0.104. The van der Waals surface area contributed by atoms with Gasteiger partial charge >= 0.3 is 0 Å². The van der Waals surface area contributed by atoms with E-state index in [1.54, 1.807) is 0 Å². The number of hydrogen-bond donors (Lipinski definition) is 2. The molecule has 0 fully saturated rings. The summed E-state index contributed by atoms with van der Waals surface area (Å²) in [5.41, 5.74) is 3.21. The molecule has 0 aliphatic carbocycles. The van der Waals surface area contributed by atoms with Gasteiger partial charge in [-0.05, 0) is 61.4 Å². The Morgan fingerprint density at radius 3 is 2.21 bits per heavy atom. The number of anilines is 1. The van der Waals surface area contributed by atoms with Gasteiger partial charge in [0.25, 0.3) is 5.91 Å². The van der Waals surface area contributed by atoms with Crippen molar-refractivity contribution in [2.75, 3.05) is 11.9 Å². The summed E-state index contributed by atoms with van der Waals surface area (Å²) >= 11 is 0. The topological polar surface area (TPSA) is 75.3 Å². The molecule has 0 atom stereocenters. The van der Waals surface area contributed by atoms with Gasteiger partial charge in [0.2, 0.25) is 10.0 Å². The molecule has 24 heavy (non-hydrogen) atoms. The molecule has 0 radical (unpaired) electrons. The fourth-order valence-corrected chi connectivity index (χ4v) is 3.29. The summed E-state index contributed by atoms with van der Waals surface area (Å²) in [6.45, 7) is 7.53. The molecule has 0 aliphatic heterocycles. The molecule has 0 unspecified atom stereocenters. The highest BCUT2D eigenvalue weighted by atomic mass is 32.2. The molecule has 6 heteroatoms. The zero-order valence-corrected chi connectivity index (χ0v) is 14.5. The highest BCUT2D eigenvalue weighted by molar-refractivity contribution is 7.89. The molecular formula is C18H20N2O3S. The van der Waals surface area contributed by atoms with Crippen molar-refractivity contribution in [2.45, 2.75) is 18.7 Å². The summed E-state index contributed by atoms with van der Waals surface area (Å²) in [5.74, 6) is -0.289. The number of carbonyl (C=O) groups excluding carboxylic acids is 1. The van der Waals surface area contributed by atoms with Crippen LogP contribution in [0.4, 0.5) is 5.69 Å². The molecule has 2 N–H and O–H groups in total. The highest BCUT2D eigenvalue weighted by Gasteiger charge is 2.14. The second-order valence-corrected chi connectivity index (χ2v) is 7.26. The van der Waals surface area contributed by atoms with Crippen LogP contribution >= 0.6 is 0 Å². The lowest BCUT2D eigenvalue weighted by molar-refractivity contribution is 0.102. The molecule has 0 spiro atoms. The van der Waals surface area contributed by atoms with E-state index in [-0.39, 0.29) is 17.3 Å². The Labute approximate surface area is 142 Å². The molecule has 0 bridgehead atoms. The molecule has 0 saturated carbocycles. The van der Waals surface area contributed by atoms with Crippen molar-refractivity contribution in [3.8, 4) is 0 Å². The lowest BCUT2D eigenvalue weighted by atomic mass is 10.1. The van der Waals surface area contributed by atoms with Crippen LogP contribution in [0.3, 0.4) is 0 Å². The van der Waals surface area contributed by atoms with E-state index in [4.69, 9.17) is 0 Å². The first kappa shape index (κ1) is 17.9. The van der Waals surface area contributed by atoms with Crippen LogP contribution in [0.2, 0.25) is 0 Å². The number of benzene rings is 2. The molecule has 2 aromatic rings. The van der Waals surface area contributed by atoms with E-state index in [1.807, 2.05) is 32.0 Å². The van der Waals surface area contributed by atoms with Crippen LogP contribution in [-0.2, 0) is 10.0 Å². The van der Waals surface area contributed by atoms with Crippen LogP contribution < -0.4 is 10.0 Å². The lowest BCUT2D eigenvalue weighted by Gasteiger charge is -2.09. The average Bonchev–Trinajstić information content (AvgIpc) is 2.52. The Morgan fingerprint density at radius 2 is 1.67 bits per heavy atom. The molecule has 126 valence electrons. The molecule has 0 aromatic heterocycles. The van der Waals surface area contributed by atoms with Crippen LogP contribution in [0.1, 0.15) is 21.5 Å². The average molecular weight is 344 g/mol. The van der Waals surface area contributed by atoms with Gasteiger partial charge in [-0.15, -0.1) is 6.58 Å². The Hall–Kier alpha value is -2.44. The normalized spacial score (nSPS) is 11.1. The van der Waals surface area contributed by atoms with E-state index in [0.29, 0.717) is 11.3 Å². The van der Waals surface area contributed by atoms with Gasteiger partial charge in [-0.2, -0.15) is 0 Å². The summed E-state index contributed by atoms with van der Waals surface area (Å²) < 4.78 is 26.3. The summed E-state index contributed by atoms with van der Waals surface area (Å²) in [5, 5.41) is 2.82. The Morgan fingerprint density at radius 1 is 1.08 bits per heavy atom. The van der Waals surface area contributed by atoms with E-state index in [1.165, 1.54) is 30.3 Å². The van der Waals surface area contributed by atoms with Crippen LogP contribution in [0, 0.1) is 13.8 Å². The fourth-order valence-electron chi connectivity index (χ4n) is 2.29. The zero-order valence-electron chi connectivity index (χ0n) is 13.7. The largest absolute Gasteiger partial charge is 0.322 e. The third kappa shape index (κ3) is 4.53. The van der Waals surface area contributed by atoms with Gasteiger partial charge in [-0.1, -0.05) is 12.1 Å². The number of sulfonamides is 1. The predicted octanol–water partition coefficient (Wildman–Crippen LogP) is 3.02. The maximum Gasteiger partial charge on any atom is 0.255 e. The molecule has 5 nitrogen and oxygen atoms in total. The zero-order chi connectivity index (χ0) is 17.7. The first-order valence-corrected chi connectivity index (χ1v) is 8.90. The molecule has 0 saturated heterocycles. The molecule has 2 rings (SSSR count). The molecular weight excluding hydrogens is 324 g/mol. The standard InChI is InChI=1S/C18H20N2O3S/c1-4-9-19-24(22,23)17-7-5-15(6-8-17)18(21)20-16-11-13(2)10-14(3)12-16/h4-8,10-12,19H,1,9H2,2-3H3,(H,20,21). The van der Waals surface area contributed by atoms with Crippen LogP contribution in [-0.4, -0.2) is 20.9 Å². The van der Waals surface area contributed by atoms with Gasteiger partial charge in [0.1, 0.15) is 0 Å². The van der Waals surface area contributed by atoms with Gasteiger partial charge in [-0.3, -0.25) is 4.79 Å². The van der Waals surface area contributed by atoms with Crippen molar-refractivity contribution >= 4 is 21.6 Å². The van der Waals surface area contributed by atoms with E-state index >= 15 is 0 Å². The van der Waals surface area contributed by atoms with Crippen LogP contribution in [0.25, 0.3) is 0 Å². The van der Waals surface area contributed by atoms with Gasteiger partial charge in [0.05, 0.1) is 4.90 Å². The number of carbonyl (C=O) groups is 1. The molecule has 0 heterocycles. The van der Waals surface area contributed by atoms with Gasteiger partial charge in [-0.25, -0.2) is 13.1 Å². The second kappa shape index (κ2) is 7.42. The third-order valence-corrected chi connectivity index (χ3v) is 4.76. The van der Waals surface area contributed by atoms with E-state index in [9.17, 15) is 13.2 Å². The predicted molar refractivity (Wildman–Crippen MR) is 95.7 cm³/mol. The SMILES string of the molecule is C=CCNS(=O)(=O)c1ccc(C(=O)Nc2cc(C)cc(C)c2)cc1. The van der Waals surface area contributed by atoms with Crippen LogP contribution in [0.5, 0.6) is 0 Å². The van der Waals surface area contributed by atoms with Crippen molar-refractivity contribution < 1.29 is 13.2 Å². The van der Waals surface area contributed by atoms with Gasteiger partial charge in [0.15, 0.2) is 0 Å². The molecule has 1 amide bonds. The summed E-state index contributed by atoms with van der Waals surface area (Å²) in [7, 11) is -3.59. The summed E-state index contributed by atoms with van der Waals surface area (Å²) in [6.07, 6.45) is 1.46. The van der Waals surface area contributed by atoms with E-state index in [2.05, 4.69) is 16.6 Å². The van der Waals surface area contributed by atoms with E-state index < -0.39 is 10.0 Å². The molecule has 0 aliphatic rings. The van der Waals surface area contributed by atoms with Crippen LogP contribution in [0.15, 0.2) is 60.0 Å². The monoisotopic (exact) mass is 344 g/mol. The number of nitrogens with one attached hydrogen (secondary N) is 2.